The molecule has 2 N–H and O–H groups in total. The summed E-state index contributed by atoms with van der Waals surface area (Å²) in [6, 6.07) is 15.3. The summed E-state index contributed by atoms with van der Waals surface area (Å²) >= 11 is 0. The summed E-state index contributed by atoms with van der Waals surface area (Å²) in [5.74, 6) is -0.222. The molecule has 124 valence electrons. The minimum Gasteiger partial charge on any atom is -0.299 e. The maximum Gasteiger partial charge on any atom is 0.123 e. The van der Waals surface area contributed by atoms with E-state index >= 15 is 0 Å². The van der Waals surface area contributed by atoms with E-state index in [0.29, 0.717) is 0 Å². The smallest absolute Gasteiger partial charge is 0.123 e. The molecule has 3 aromatic rings. The topological polar surface area (TPSA) is 40.7 Å². The minimum atomic E-state index is -0.222. The standard InChI is InChI=1S/C20H22FN3/c1-3-15-7-9-16(10-8-15)20(17-5-4-6-19(21)11-17)24-14(2)18-12-22-23-13-18/h4-14,20,24H,3H2,1-2H3,(H,22,23). The van der Waals surface area contributed by atoms with Crippen LogP contribution in [0, 0.1) is 5.82 Å². The van der Waals surface area contributed by atoms with Gasteiger partial charge in [-0.25, -0.2) is 4.39 Å². The molecule has 2 unspecified atom stereocenters. The zero-order chi connectivity index (χ0) is 16.9. The van der Waals surface area contributed by atoms with Crippen LogP contribution in [0.4, 0.5) is 4.39 Å². The van der Waals surface area contributed by atoms with Gasteiger partial charge in [0.25, 0.3) is 0 Å². The average molecular weight is 323 g/mol. The van der Waals surface area contributed by atoms with E-state index < -0.39 is 0 Å². The van der Waals surface area contributed by atoms with Crippen molar-refractivity contribution < 1.29 is 4.39 Å². The zero-order valence-corrected chi connectivity index (χ0v) is 14.0. The van der Waals surface area contributed by atoms with Crippen molar-refractivity contribution in [1.82, 2.24) is 15.5 Å². The number of aryl methyl sites for hydroxylation is 1. The zero-order valence-electron chi connectivity index (χ0n) is 14.0. The number of aromatic nitrogens is 2. The van der Waals surface area contributed by atoms with Crippen LogP contribution in [-0.2, 0) is 6.42 Å². The van der Waals surface area contributed by atoms with Crippen LogP contribution in [0.25, 0.3) is 0 Å². The molecule has 0 saturated carbocycles. The van der Waals surface area contributed by atoms with E-state index in [0.717, 1.165) is 23.1 Å². The maximum atomic E-state index is 13.7. The van der Waals surface area contributed by atoms with E-state index in [-0.39, 0.29) is 17.9 Å². The molecule has 1 aromatic heterocycles. The van der Waals surface area contributed by atoms with Crippen LogP contribution >= 0.6 is 0 Å². The lowest BCUT2D eigenvalue weighted by Crippen LogP contribution is -2.25. The molecule has 0 aliphatic heterocycles. The number of nitrogens with zero attached hydrogens (tertiary/aromatic N) is 1. The summed E-state index contributed by atoms with van der Waals surface area (Å²) in [6.45, 7) is 4.22. The fourth-order valence-electron chi connectivity index (χ4n) is 2.86. The predicted octanol–water partition coefficient (Wildman–Crippen LogP) is 4.55. The molecular formula is C20H22FN3. The molecule has 3 nitrogen and oxygen atoms in total. The second-order valence-corrected chi connectivity index (χ2v) is 6.00. The van der Waals surface area contributed by atoms with Crippen LogP contribution in [0.15, 0.2) is 60.9 Å². The van der Waals surface area contributed by atoms with Crippen molar-refractivity contribution in [2.24, 2.45) is 0 Å². The molecule has 3 rings (SSSR count). The molecule has 0 spiro atoms. The lowest BCUT2D eigenvalue weighted by atomic mass is 9.96. The largest absolute Gasteiger partial charge is 0.299 e. The third-order valence-corrected chi connectivity index (χ3v) is 4.34. The summed E-state index contributed by atoms with van der Waals surface area (Å²) < 4.78 is 13.7. The predicted molar refractivity (Wildman–Crippen MR) is 94.2 cm³/mol. The van der Waals surface area contributed by atoms with Gasteiger partial charge in [0, 0.05) is 17.8 Å². The molecule has 0 saturated heterocycles. The van der Waals surface area contributed by atoms with Gasteiger partial charge in [0.15, 0.2) is 0 Å². The van der Waals surface area contributed by atoms with Gasteiger partial charge in [-0.1, -0.05) is 43.3 Å². The second-order valence-electron chi connectivity index (χ2n) is 6.00. The van der Waals surface area contributed by atoms with Gasteiger partial charge in [-0.3, -0.25) is 10.4 Å². The Kier molecular flexibility index (Phi) is 5.06. The first-order valence-corrected chi connectivity index (χ1v) is 8.26. The number of aromatic amines is 1. The van der Waals surface area contributed by atoms with Crippen LogP contribution in [0.3, 0.4) is 0 Å². The molecule has 0 bridgehead atoms. The van der Waals surface area contributed by atoms with E-state index in [1.807, 2.05) is 12.3 Å². The molecule has 4 heteroatoms. The summed E-state index contributed by atoms with van der Waals surface area (Å²) in [6.07, 6.45) is 4.69. The van der Waals surface area contributed by atoms with Crippen molar-refractivity contribution in [1.29, 1.82) is 0 Å². The van der Waals surface area contributed by atoms with E-state index in [1.54, 1.807) is 18.3 Å². The highest BCUT2D eigenvalue weighted by atomic mass is 19.1. The van der Waals surface area contributed by atoms with Crippen LogP contribution in [0.2, 0.25) is 0 Å². The second kappa shape index (κ2) is 7.41. The molecular weight excluding hydrogens is 301 g/mol. The Morgan fingerprint density at radius 1 is 1.08 bits per heavy atom. The summed E-state index contributed by atoms with van der Waals surface area (Å²) in [5.41, 5.74) is 4.39. The Morgan fingerprint density at radius 3 is 2.50 bits per heavy atom. The van der Waals surface area contributed by atoms with E-state index in [9.17, 15) is 4.39 Å². The Morgan fingerprint density at radius 2 is 1.88 bits per heavy atom. The van der Waals surface area contributed by atoms with Gasteiger partial charge in [-0.15, -0.1) is 0 Å². The number of halogens is 1. The maximum absolute atomic E-state index is 13.7. The van der Waals surface area contributed by atoms with Crippen molar-refractivity contribution >= 4 is 0 Å². The van der Waals surface area contributed by atoms with Gasteiger partial charge in [0.1, 0.15) is 5.82 Å². The van der Waals surface area contributed by atoms with Gasteiger partial charge < -0.3 is 0 Å². The molecule has 1 heterocycles. The summed E-state index contributed by atoms with van der Waals surface area (Å²) in [7, 11) is 0. The first-order chi connectivity index (χ1) is 11.7. The van der Waals surface area contributed by atoms with Crippen molar-refractivity contribution in [3.05, 3.63) is 89.0 Å². The fraction of sp³-hybridized carbons (Fsp3) is 0.250. The number of hydrogen-bond acceptors (Lipinski definition) is 2. The summed E-state index contributed by atoms with van der Waals surface area (Å²) in [4.78, 5) is 0. The Balaban J connectivity index is 1.93. The third kappa shape index (κ3) is 3.71. The molecule has 24 heavy (non-hydrogen) atoms. The molecule has 2 aromatic carbocycles. The van der Waals surface area contributed by atoms with Crippen molar-refractivity contribution in [2.45, 2.75) is 32.4 Å². The van der Waals surface area contributed by atoms with E-state index in [1.165, 1.54) is 11.6 Å². The number of benzene rings is 2. The lowest BCUT2D eigenvalue weighted by Gasteiger charge is -2.24. The number of nitrogens with one attached hydrogen (secondary N) is 2. The Bertz CT molecular complexity index is 766. The molecule has 0 aliphatic carbocycles. The minimum absolute atomic E-state index is 0.0860. The summed E-state index contributed by atoms with van der Waals surface area (Å²) in [5, 5.41) is 10.4. The first-order valence-electron chi connectivity index (χ1n) is 8.26. The highest BCUT2D eigenvalue weighted by Crippen LogP contribution is 2.26. The van der Waals surface area contributed by atoms with E-state index in [2.05, 4.69) is 53.6 Å². The number of rotatable bonds is 6. The van der Waals surface area contributed by atoms with Crippen LogP contribution < -0.4 is 5.32 Å². The number of hydrogen-bond donors (Lipinski definition) is 2. The van der Waals surface area contributed by atoms with Gasteiger partial charge in [-0.05, 0) is 42.2 Å². The highest BCUT2D eigenvalue weighted by molar-refractivity contribution is 5.34. The van der Waals surface area contributed by atoms with Gasteiger partial charge >= 0.3 is 0 Å². The van der Waals surface area contributed by atoms with Crippen molar-refractivity contribution in [3.8, 4) is 0 Å². The van der Waals surface area contributed by atoms with Gasteiger partial charge in [-0.2, -0.15) is 5.10 Å². The van der Waals surface area contributed by atoms with Crippen molar-refractivity contribution in [3.63, 3.8) is 0 Å². The van der Waals surface area contributed by atoms with Gasteiger partial charge in [0.2, 0.25) is 0 Å². The Labute approximate surface area is 141 Å². The van der Waals surface area contributed by atoms with Crippen molar-refractivity contribution in [2.75, 3.05) is 0 Å². The monoisotopic (exact) mass is 323 g/mol. The Hall–Kier alpha value is -2.46. The van der Waals surface area contributed by atoms with Crippen LogP contribution in [0.1, 0.15) is 48.2 Å². The third-order valence-electron chi connectivity index (χ3n) is 4.34. The molecule has 0 aliphatic rings. The fourth-order valence-corrected chi connectivity index (χ4v) is 2.86. The lowest BCUT2D eigenvalue weighted by molar-refractivity contribution is 0.513. The number of H-pyrrole nitrogens is 1. The first kappa shape index (κ1) is 16.4. The molecule has 0 fully saturated rings. The highest BCUT2D eigenvalue weighted by Gasteiger charge is 2.18. The quantitative estimate of drug-likeness (QED) is 0.698. The molecule has 0 amide bonds. The average Bonchev–Trinajstić information content (AvgIpc) is 3.14. The molecule has 0 radical (unpaired) electrons. The van der Waals surface area contributed by atoms with Crippen LogP contribution in [-0.4, -0.2) is 10.2 Å². The van der Waals surface area contributed by atoms with E-state index in [4.69, 9.17) is 0 Å². The van der Waals surface area contributed by atoms with Gasteiger partial charge in [0.05, 0.1) is 12.2 Å². The normalized spacial score (nSPS) is 13.6. The molecule has 2 atom stereocenters. The SMILES string of the molecule is CCc1ccc(C(NC(C)c2cn[nH]c2)c2cccc(F)c2)cc1. The van der Waals surface area contributed by atoms with Crippen LogP contribution in [0.5, 0.6) is 0 Å².